The van der Waals surface area contributed by atoms with E-state index in [4.69, 9.17) is 19.4 Å². The summed E-state index contributed by atoms with van der Waals surface area (Å²) in [6, 6.07) is 44.0. The van der Waals surface area contributed by atoms with Crippen LogP contribution in [0.2, 0.25) is 0 Å². The van der Waals surface area contributed by atoms with Gasteiger partial charge in [0.2, 0.25) is 0 Å². The highest BCUT2D eigenvalue weighted by atomic mass is 16.3. The minimum atomic E-state index is -0.249. The molecule has 208 valence electrons. The zero-order valence-electron chi connectivity index (χ0n) is 24.4. The number of para-hydroxylation sites is 1. The summed E-state index contributed by atoms with van der Waals surface area (Å²) in [4.78, 5) is 15.5. The van der Waals surface area contributed by atoms with Crippen molar-refractivity contribution in [2.75, 3.05) is 0 Å². The van der Waals surface area contributed by atoms with Gasteiger partial charge in [-0.3, -0.25) is 0 Å². The molecule has 0 N–H and O–H groups in total. The van der Waals surface area contributed by atoms with Gasteiger partial charge in [0.15, 0.2) is 17.5 Å². The Hall–Kier alpha value is -5.61. The van der Waals surface area contributed by atoms with Gasteiger partial charge in [-0.2, -0.15) is 0 Å². The van der Waals surface area contributed by atoms with E-state index in [1.54, 1.807) is 0 Å². The van der Waals surface area contributed by atoms with Crippen molar-refractivity contribution in [3.05, 3.63) is 139 Å². The molecule has 0 unspecified atom stereocenters. The van der Waals surface area contributed by atoms with Gasteiger partial charge in [-0.05, 0) is 45.2 Å². The van der Waals surface area contributed by atoms with Gasteiger partial charge >= 0.3 is 0 Å². The Balaban J connectivity index is 1.42. The monoisotopic (exact) mass is 565 g/mol. The minimum absolute atomic E-state index is 0.249. The number of aromatic nitrogens is 3. The minimum Gasteiger partial charge on any atom is -0.456 e. The van der Waals surface area contributed by atoms with E-state index in [2.05, 4.69) is 111 Å². The van der Waals surface area contributed by atoms with E-state index in [9.17, 15) is 0 Å². The third-order valence-electron chi connectivity index (χ3n) is 9.10. The molecule has 1 aliphatic rings. The van der Waals surface area contributed by atoms with Crippen molar-refractivity contribution in [3.63, 3.8) is 0 Å². The number of hydrogen-bond acceptors (Lipinski definition) is 4. The molecule has 0 atom stereocenters. The Morgan fingerprint density at radius 1 is 0.523 bits per heavy atom. The van der Waals surface area contributed by atoms with Crippen molar-refractivity contribution < 1.29 is 4.42 Å². The lowest BCUT2D eigenvalue weighted by Crippen LogP contribution is -2.15. The summed E-state index contributed by atoms with van der Waals surface area (Å²) in [6.07, 6.45) is 0. The molecular weight excluding hydrogens is 538 g/mol. The Labute approximate surface area is 254 Å². The van der Waals surface area contributed by atoms with Crippen molar-refractivity contribution in [1.29, 1.82) is 0 Å². The van der Waals surface area contributed by atoms with Crippen LogP contribution in [0.25, 0.3) is 78.0 Å². The summed E-state index contributed by atoms with van der Waals surface area (Å²) in [5, 5.41) is 4.54. The molecule has 0 bridgehead atoms. The maximum absolute atomic E-state index is 6.55. The van der Waals surface area contributed by atoms with Gasteiger partial charge in [-0.1, -0.05) is 129 Å². The standard InChI is InChI=1S/C40H27N3O/c1-40(2)31-21-10-8-18-28(31)34-30(23-33-35(36(34)40)29-19-9-11-22-32(29)44-33)39-42-37(25-14-4-3-5-15-25)41-38(43-39)27-20-12-16-24-13-6-7-17-26(24)27/h3-23H,1-2H3. The summed E-state index contributed by atoms with van der Waals surface area (Å²) in [7, 11) is 0. The molecule has 0 amide bonds. The summed E-state index contributed by atoms with van der Waals surface area (Å²) in [5.74, 6) is 1.92. The van der Waals surface area contributed by atoms with E-state index < -0.39 is 0 Å². The summed E-state index contributed by atoms with van der Waals surface area (Å²) in [5.41, 5.74) is 9.27. The topological polar surface area (TPSA) is 51.8 Å². The number of benzene rings is 6. The Bertz CT molecular complexity index is 2420. The smallest absolute Gasteiger partial charge is 0.164 e. The third kappa shape index (κ3) is 3.54. The van der Waals surface area contributed by atoms with Gasteiger partial charge in [0.05, 0.1) is 0 Å². The van der Waals surface area contributed by atoms with Crippen LogP contribution in [0.4, 0.5) is 0 Å². The van der Waals surface area contributed by atoms with E-state index in [-0.39, 0.29) is 5.41 Å². The second kappa shape index (κ2) is 9.19. The van der Waals surface area contributed by atoms with Crippen LogP contribution in [0.3, 0.4) is 0 Å². The van der Waals surface area contributed by atoms with Gasteiger partial charge < -0.3 is 4.42 Å². The number of rotatable bonds is 3. The van der Waals surface area contributed by atoms with E-state index >= 15 is 0 Å². The van der Waals surface area contributed by atoms with Crippen molar-refractivity contribution in [2.24, 2.45) is 0 Å². The van der Waals surface area contributed by atoms with E-state index in [1.807, 2.05) is 30.3 Å². The first-order valence-corrected chi connectivity index (χ1v) is 15.0. The summed E-state index contributed by atoms with van der Waals surface area (Å²) < 4.78 is 6.55. The van der Waals surface area contributed by atoms with Gasteiger partial charge in [-0.25, -0.2) is 15.0 Å². The molecule has 4 nitrogen and oxygen atoms in total. The first-order valence-electron chi connectivity index (χ1n) is 15.0. The fourth-order valence-electron chi connectivity index (χ4n) is 7.10. The molecule has 0 saturated heterocycles. The first-order chi connectivity index (χ1) is 21.6. The molecule has 8 aromatic rings. The van der Waals surface area contributed by atoms with Crippen molar-refractivity contribution in [3.8, 4) is 45.3 Å². The van der Waals surface area contributed by atoms with E-state index in [0.717, 1.165) is 49.4 Å². The number of hydrogen-bond donors (Lipinski definition) is 0. The molecule has 9 rings (SSSR count). The highest BCUT2D eigenvalue weighted by Gasteiger charge is 2.40. The lowest BCUT2D eigenvalue weighted by molar-refractivity contribution is 0.657. The second-order valence-corrected chi connectivity index (χ2v) is 12.0. The van der Waals surface area contributed by atoms with Crippen molar-refractivity contribution >= 4 is 32.7 Å². The summed E-state index contributed by atoms with van der Waals surface area (Å²) >= 11 is 0. The highest BCUT2D eigenvalue weighted by Crippen LogP contribution is 2.56. The quantitative estimate of drug-likeness (QED) is 0.214. The SMILES string of the molecule is CC1(C)c2ccccc2-c2c(-c3nc(-c4ccccc4)nc(-c4cccc5ccccc45)n3)cc3oc4ccccc4c3c21. The van der Waals surface area contributed by atoms with Crippen LogP contribution in [0.1, 0.15) is 25.0 Å². The highest BCUT2D eigenvalue weighted by molar-refractivity contribution is 6.13. The zero-order chi connectivity index (χ0) is 29.4. The number of furan rings is 1. The van der Waals surface area contributed by atoms with Gasteiger partial charge in [0.25, 0.3) is 0 Å². The predicted molar refractivity (Wildman–Crippen MR) is 178 cm³/mol. The molecule has 2 heterocycles. The number of fused-ring (bicyclic) bond motifs is 8. The predicted octanol–water partition coefficient (Wildman–Crippen LogP) is 10.2. The largest absolute Gasteiger partial charge is 0.456 e. The van der Waals surface area contributed by atoms with Crippen LogP contribution in [0, 0.1) is 0 Å². The second-order valence-electron chi connectivity index (χ2n) is 12.0. The lowest BCUT2D eigenvalue weighted by atomic mass is 9.80. The molecule has 0 spiro atoms. The molecule has 0 radical (unpaired) electrons. The third-order valence-corrected chi connectivity index (χ3v) is 9.10. The molecule has 1 aliphatic carbocycles. The first kappa shape index (κ1) is 24.9. The maximum atomic E-state index is 6.55. The molecule has 4 heteroatoms. The van der Waals surface area contributed by atoms with Crippen molar-refractivity contribution in [1.82, 2.24) is 15.0 Å². The molecule has 0 saturated carbocycles. The average molecular weight is 566 g/mol. The van der Waals surface area contributed by atoms with Gasteiger partial charge in [0, 0.05) is 32.9 Å². The molecule has 0 fully saturated rings. The Kier molecular flexibility index (Phi) is 5.21. The van der Waals surface area contributed by atoms with Crippen LogP contribution in [-0.4, -0.2) is 15.0 Å². The van der Waals surface area contributed by atoms with Crippen LogP contribution in [-0.2, 0) is 5.41 Å². The lowest BCUT2D eigenvalue weighted by Gasteiger charge is -2.22. The Morgan fingerprint density at radius 3 is 2.02 bits per heavy atom. The van der Waals surface area contributed by atoms with Crippen LogP contribution in [0.5, 0.6) is 0 Å². The van der Waals surface area contributed by atoms with Crippen molar-refractivity contribution in [2.45, 2.75) is 19.3 Å². The molecule has 44 heavy (non-hydrogen) atoms. The van der Waals surface area contributed by atoms with Crippen LogP contribution >= 0.6 is 0 Å². The molecule has 6 aromatic carbocycles. The zero-order valence-corrected chi connectivity index (χ0v) is 24.4. The molecule has 0 aliphatic heterocycles. The normalized spacial score (nSPS) is 13.4. The molecule has 2 aromatic heterocycles. The number of nitrogens with zero attached hydrogens (tertiary/aromatic N) is 3. The average Bonchev–Trinajstić information content (AvgIpc) is 3.56. The van der Waals surface area contributed by atoms with E-state index in [0.29, 0.717) is 17.5 Å². The van der Waals surface area contributed by atoms with Crippen LogP contribution in [0.15, 0.2) is 132 Å². The van der Waals surface area contributed by atoms with Gasteiger partial charge in [0.1, 0.15) is 11.2 Å². The fourth-order valence-corrected chi connectivity index (χ4v) is 7.10. The van der Waals surface area contributed by atoms with Crippen LogP contribution < -0.4 is 0 Å². The van der Waals surface area contributed by atoms with E-state index in [1.165, 1.54) is 22.3 Å². The summed E-state index contributed by atoms with van der Waals surface area (Å²) in [6.45, 7) is 4.62. The molecular formula is C40H27N3O. The van der Waals surface area contributed by atoms with Gasteiger partial charge in [-0.15, -0.1) is 0 Å². The fraction of sp³-hybridized carbons (Fsp3) is 0.0750. The Morgan fingerprint density at radius 2 is 1.16 bits per heavy atom. The maximum Gasteiger partial charge on any atom is 0.164 e.